The summed E-state index contributed by atoms with van der Waals surface area (Å²) < 4.78 is 0. The molecule has 2 aromatic carbocycles. The molecule has 2 aromatic rings. The van der Waals surface area contributed by atoms with E-state index < -0.39 is 6.10 Å². The van der Waals surface area contributed by atoms with E-state index in [0.29, 0.717) is 6.04 Å². The Morgan fingerprint density at radius 1 is 1.11 bits per heavy atom. The highest BCUT2D eigenvalue weighted by Gasteiger charge is 2.23. The summed E-state index contributed by atoms with van der Waals surface area (Å²) in [7, 11) is 4.31. The molecule has 0 radical (unpaired) electrons. The molecular formula is C17H21NO. The van der Waals surface area contributed by atoms with E-state index in [0.717, 1.165) is 18.4 Å². The first-order valence-electron chi connectivity index (χ1n) is 6.96. The van der Waals surface area contributed by atoms with Gasteiger partial charge >= 0.3 is 0 Å². The van der Waals surface area contributed by atoms with E-state index in [4.69, 9.17) is 0 Å². The number of benzene rings is 2. The predicted octanol–water partition coefficient (Wildman–Crippen LogP) is 2.92. The molecule has 1 aliphatic carbocycles. The molecule has 2 atom stereocenters. The van der Waals surface area contributed by atoms with Crippen molar-refractivity contribution in [2.24, 2.45) is 0 Å². The van der Waals surface area contributed by atoms with Crippen LogP contribution in [0.3, 0.4) is 0 Å². The minimum atomic E-state index is -0.407. The van der Waals surface area contributed by atoms with Crippen molar-refractivity contribution in [2.75, 3.05) is 14.1 Å². The molecular weight excluding hydrogens is 234 g/mol. The maximum Gasteiger partial charge on any atom is 0.0767 e. The number of hydrogen-bond acceptors (Lipinski definition) is 2. The van der Waals surface area contributed by atoms with Gasteiger partial charge in [0, 0.05) is 6.04 Å². The van der Waals surface area contributed by atoms with E-state index in [1.165, 1.54) is 21.9 Å². The zero-order valence-corrected chi connectivity index (χ0v) is 11.9. The summed E-state index contributed by atoms with van der Waals surface area (Å²) in [5.41, 5.74) is 3.88. The summed E-state index contributed by atoms with van der Waals surface area (Å²) in [6.07, 6.45) is 1.79. The van der Waals surface area contributed by atoms with Crippen LogP contribution in [0.4, 0.5) is 0 Å². The average molecular weight is 255 g/mol. The normalized spacial score (nSPS) is 19.9. The quantitative estimate of drug-likeness (QED) is 0.892. The van der Waals surface area contributed by atoms with E-state index in [9.17, 15) is 5.11 Å². The number of nitrogens with zero attached hydrogens (tertiary/aromatic N) is 1. The third-order valence-corrected chi connectivity index (χ3v) is 4.34. The SMILES string of the molecule is CC(O)c1ccc2c3c(cccc13)CC(N(C)C)C2. The van der Waals surface area contributed by atoms with Crippen molar-refractivity contribution in [2.45, 2.75) is 31.9 Å². The van der Waals surface area contributed by atoms with Gasteiger partial charge in [0.2, 0.25) is 0 Å². The van der Waals surface area contributed by atoms with Crippen molar-refractivity contribution < 1.29 is 5.11 Å². The molecule has 1 N–H and O–H groups in total. The van der Waals surface area contributed by atoms with Crippen molar-refractivity contribution in [1.29, 1.82) is 0 Å². The van der Waals surface area contributed by atoms with Crippen LogP contribution in [-0.4, -0.2) is 30.1 Å². The Morgan fingerprint density at radius 3 is 2.42 bits per heavy atom. The minimum absolute atomic E-state index is 0.407. The van der Waals surface area contributed by atoms with Gasteiger partial charge in [-0.25, -0.2) is 0 Å². The Kier molecular flexibility index (Phi) is 3.08. The van der Waals surface area contributed by atoms with E-state index in [2.05, 4.69) is 49.3 Å². The van der Waals surface area contributed by atoms with Gasteiger partial charge in [0.1, 0.15) is 0 Å². The smallest absolute Gasteiger partial charge is 0.0767 e. The van der Waals surface area contributed by atoms with Crippen LogP contribution < -0.4 is 0 Å². The van der Waals surface area contributed by atoms with Crippen molar-refractivity contribution in [3.63, 3.8) is 0 Å². The molecule has 2 nitrogen and oxygen atoms in total. The van der Waals surface area contributed by atoms with Crippen LogP contribution in [0.2, 0.25) is 0 Å². The fourth-order valence-corrected chi connectivity index (χ4v) is 3.23. The lowest BCUT2D eigenvalue weighted by atomic mass is 9.83. The van der Waals surface area contributed by atoms with Crippen LogP contribution in [0, 0.1) is 0 Å². The molecule has 0 fully saturated rings. The molecule has 100 valence electrons. The average Bonchev–Trinajstić information content (AvgIpc) is 2.38. The lowest BCUT2D eigenvalue weighted by Gasteiger charge is -2.30. The first-order valence-corrected chi connectivity index (χ1v) is 6.96. The van der Waals surface area contributed by atoms with Crippen LogP contribution in [0.25, 0.3) is 10.8 Å². The second-order valence-corrected chi connectivity index (χ2v) is 5.86. The van der Waals surface area contributed by atoms with E-state index in [1.54, 1.807) is 0 Å². The fraction of sp³-hybridized carbons (Fsp3) is 0.412. The topological polar surface area (TPSA) is 23.5 Å². The molecule has 2 heteroatoms. The molecule has 1 aliphatic rings. The molecule has 0 saturated carbocycles. The summed E-state index contributed by atoms with van der Waals surface area (Å²) in [6, 6.07) is 11.3. The van der Waals surface area contributed by atoms with Crippen molar-refractivity contribution in [3.05, 3.63) is 47.0 Å². The maximum atomic E-state index is 9.93. The van der Waals surface area contributed by atoms with Crippen LogP contribution in [-0.2, 0) is 12.8 Å². The highest BCUT2D eigenvalue weighted by atomic mass is 16.3. The molecule has 0 heterocycles. The van der Waals surface area contributed by atoms with Crippen molar-refractivity contribution in [1.82, 2.24) is 4.90 Å². The highest BCUT2D eigenvalue weighted by Crippen LogP contribution is 2.34. The van der Waals surface area contributed by atoms with Gasteiger partial charge in [-0.05, 0) is 61.3 Å². The number of hydrogen-bond donors (Lipinski definition) is 1. The second-order valence-electron chi connectivity index (χ2n) is 5.86. The third-order valence-electron chi connectivity index (χ3n) is 4.34. The van der Waals surface area contributed by atoms with Gasteiger partial charge in [0.05, 0.1) is 6.10 Å². The first-order chi connectivity index (χ1) is 9.08. The van der Waals surface area contributed by atoms with Crippen LogP contribution in [0.15, 0.2) is 30.3 Å². The number of likely N-dealkylation sites (N-methyl/N-ethyl adjacent to an activating group) is 1. The Bertz CT molecular complexity index is 604. The number of rotatable bonds is 2. The molecule has 0 aromatic heterocycles. The lowest BCUT2D eigenvalue weighted by Crippen LogP contribution is -2.34. The van der Waals surface area contributed by atoms with Crippen molar-refractivity contribution in [3.8, 4) is 0 Å². The fourth-order valence-electron chi connectivity index (χ4n) is 3.23. The van der Waals surface area contributed by atoms with E-state index >= 15 is 0 Å². The molecule has 0 bridgehead atoms. The van der Waals surface area contributed by atoms with Crippen molar-refractivity contribution >= 4 is 10.8 Å². The predicted molar refractivity (Wildman–Crippen MR) is 79.5 cm³/mol. The highest BCUT2D eigenvalue weighted by molar-refractivity contribution is 5.92. The number of aliphatic hydroxyl groups is 1. The standard InChI is InChI=1S/C17H21NO/c1-11(19)15-8-7-13-10-14(18(2)3)9-12-5-4-6-16(15)17(12)13/h4-8,11,14,19H,9-10H2,1-3H3. The summed E-state index contributed by atoms with van der Waals surface area (Å²) >= 11 is 0. The summed E-state index contributed by atoms with van der Waals surface area (Å²) in [5, 5.41) is 12.5. The van der Waals surface area contributed by atoms with Gasteiger partial charge in [0.15, 0.2) is 0 Å². The molecule has 3 rings (SSSR count). The Morgan fingerprint density at radius 2 is 1.79 bits per heavy atom. The van der Waals surface area contributed by atoms with Gasteiger partial charge in [-0.2, -0.15) is 0 Å². The third kappa shape index (κ3) is 2.05. The zero-order chi connectivity index (χ0) is 13.6. The summed E-state index contributed by atoms with van der Waals surface area (Å²) in [4.78, 5) is 2.31. The molecule has 0 aliphatic heterocycles. The maximum absolute atomic E-state index is 9.93. The Balaban J connectivity index is 2.21. The van der Waals surface area contributed by atoms with Crippen LogP contribution >= 0.6 is 0 Å². The summed E-state index contributed by atoms with van der Waals surface area (Å²) in [6.45, 7) is 1.84. The molecule has 0 amide bonds. The Labute approximate surface area is 114 Å². The van der Waals surface area contributed by atoms with Crippen LogP contribution in [0.5, 0.6) is 0 Å². The lowest BCUT2D eigenvalue weighted by molar-refractivity contribution is 0.201. The largest absolute Gasteiger partial charge is 0.389 e. The Hall–Kier alpha value is -1.38. The van der Waals surface area contributed by atoms with E-state index in [-0.39, 0.29) is 0 Å². The van der Waals surface area contributed by atoms with Gasteiger partial charge in [-0.1, -0.05) is 30.3 Å². The van der Waals surface area contributed by atoms with Gasteiger partial charge in [-0.15, -0.1) is 0 Å². The molecule has 0 saturated heterocycles. The number of aliphatic hydroxyl groups excluding tert-OH is 1. The summed E-state index contributed by atoms with van der Waals surface area (Å²) in [5.74, 6) is 0. The van der Waals surface area contributed by atoms with Crippen LogP contribution in [0.1, 0.15) is 29.7 Å². The van der Waals surface area contributed by atoms with E-state index in [1.807, 2.05) is 6.92 Å². The minimum Gasteiger partial charge on any atom is -0.389 e. The molecule has 19 heavy (non-hydrogen) atoms. The first kappa shape index (κ1) is 12.6. The van der Waals surface area contributed by atoms with Gasteiger partial charge in [0.25, 0.3) is 0 Å². The second kappa shape index (κ2) is 4.62. The zero-order valence-electron chi connectivity index (χ0n) is 11.9. The monoisotopic (exact) mass is 255 g/mol. The van der Waals surface area contributed by atoms with Gasteiger partial charge < -0.3 is 10.0 Å². The molecule has 0 spiro atoms. The van der Waals surface area contributed by atoms with Gasteiger partial charge in [-0.3, -0.25) is 0 Å². The molecule has 2 unspecified atom stereocenters.